The van der Waals surface area contributed by atoms with Crippen molar-refractivity contribution >= 4 is 136 Å². The molecule has 3 nitrogen and oxygen atoms in total. The van der Waals surface area contributed by atoms with E-state index in [2.05, 4.69) is 177 Å². The van der Waals surface area contributed by atoms with Crippen molar-refractivity contribution in [3.8, 4) is 16.8 Å². The summed E-state index contributed by atoms with van der Waals surface area (Å²) in [6, 6.07) is 53.0. The molecule has 0 amide bonds. The average molecular weight is 791 g/mol. The van der Waals surface area contributed by atoms with Gasteiger partial charge in [-0.25, -0.2) is 0 Å². The molecule has 0 aliphatic carbocycles. The maximum absolute atomic E-state index is 6.59. The smallest absolute Gasteiger partial charge is 0.333 e. The Kier molecular flexibility index (Phi) is 6.09. The Bertz CT molecular complexity index is 3850. The zero-order valence-electron chi connectivity index (χ0n) is 33.0. The van der Waals surface area contributed by atoms with Gasteiger partial charge in [-0.1, -0.05) is 93.6 Å². The molecule has 12 aromatic rings. The Morgan fingerprint density at radius 3 is 1.93 bits per heavy atom. The van der Waals surface area contributed by atoms with E-state index in [1.807, 2.05) is 22.7 Å². The highest BCUT2D eigenvalue weighted by Gasteiger charge is 2.45. The Hall–Kier alpha value is -6.34. The number of hydrogen-bond acceptors (Lipinski definition) is 4. The minimum absolute atomic E-state index is 0.0477. The molecular weight excluding hydrogens is 756 g/mol. The number of nitrogens with zero attached hydrogens (tertiary/aromatic N) is 2. The second kappa shape index (κ2) is 11.0. The molecule has 4 aromatic heterocycles. The van der Waals surface area contributed by atoms with Gasteiger partial charge in [-0.3, -0.25) is 0 Å². The fourth-order valence-corrected chi connectivity index (χ4v) is 13.0. The Morgan fingerprint density at radius 1 is 0.542 bits per heavy atom. The molecule has 0 atom stereocenters. The van der Waals surface area contributed by atoms with Crippen LogP contribution >= 0.6 is 22.7 Å². The summed E-state index contributed by atoms with van der Waals surface area (Å²) < 4.78 is 14.5. The number of aryl methyl sites for hydroxylation is 1. The third kappa shape index (κ3) is 4.18. The quantitative estimate of drug-likeness (QED) is 0.154. The van der Waals surface area contributed by atoms with E-state index in [1.165, 1.54) is 112 Å². The van der Waals surface area contributed by atoms with Crippen LogP contribution < -0.4 is 15.7 Å². The Balaban J connectivity index is 1.19. The van der Waals surface area contributed by atoms with Crippen LogP contribution in [0, 0.1) is 6.92 Å². The second-order valence-electron chi connectivity index (χ2n) is 17.7. The van der Waals surface area contributed by atoms with Crippen LogP contribution in [0.15, 0.2) is 144 Å². The summed E-state index contributed by atoms with van der Waals surface area (Å²) in [5, 5.41) is 10.1. The van der Waals surface area contributed by atoms with Crippen LogP contribution in [0.25, 0.3) is 101 Å². The van der Waals surface area contributed by atoms with Crippen LogP contribution in [-0.2, 0) is 5.41 Å². The van der Waals surface area contributed by atoms with Gasteiger partial charge in [-0.05, 0) is 107 Å². The standard InChI is InChI=1S/C53H35BN2OS2/c1-28-21-38-34-26-48-36(32-12-6-9-15-46(32)58-48)23-42(34)56(30-19-17-29(18-20-30)53(2,3)4)54-40-27-49-37(33-13-7-10-16-47(33)59-49)24-43(40)55-41-22-35-31-11-5-8-14-44(31)57-45(35)25-39(41)50(28)52(55)51(38)54/h5-27H,1-4H3. The van der Waals surface area contributed by atoms with E-state index in [-0.39, 0.29) is 12.3 Å². The first-order valence-corrected chi connectivity index (χ1v) is 22.2. The lowest BCUT2D eigenvalue weighted by atomic mass is 9.44. The predicted molar refractivity (Wildman–Crippen MR) is 256 cm³/mol. The van der Waals surface area contributed by atoms with Gasteiger partial charge in [0.2, 0.25) is 0 Å². The number of furan rings is 1. The highest BCUT2D eigenvalue weighted by Crippen LogP contribution is 2.50. The van der Waals surface area contributed by atoms with Crippen LogP contribution in [0.3, 0.4) is 0 Å². The van der Waals surface area contributed by atoms with Gasteiger partial charge in [0, 0.05) is 84.5 Å². The van der Waals surface area contributed by atoms with E-state index in [4.69, 9.17) is 4.42 Å². The molecule has 0 N–H and O–H groups in total. The molecule has 14 rings (SSSR count). The Labute approximate surface area is 348 Å². The van der Waals surface area contributed by atoms with Crippen molar-refractivity contribution in [1.82, 2.24) is 4.57 Å². The largest absolute Gasteiger partial charge is 0.456 e. The molecule has 0 spiro atoms. The summed E-state index contributed by atoms with van der Waals surface area (Å²) in [4.78, 5) is 2.68. The first kappa shape index (κ1) is 32.6. The zero-order valence-corrected chi connectivity index (χ0v) is 34.6. The van der Waals surface area contributed by atoms with Gasteiger partial charge >= 0.3 is 6.85 Å². The highest BCUT2D eigenvalue weighted by atomic mass is 32.1. The van der Waals surface area contributed by atoms with Crippen molar-refractivity contribution in [3.05, 3.63) is 151 Å². The fraction of sp³-hybridized carbons (Fsp3) is 0.0943. The van der Waals surface area contributed by atoms with Gasteiger partial charge in [0.1, 0.15) is 11.2 Å². The molecule has 0 saturated heterocycles. The molecule has 0 saturated carbocycles. The highest BCUT2D eigenvalue weighted by molar-refractivity contribution is 7.26. The summed E-state index contributed by atoms with van der Waals surface area (Å²) >= 11 is 3.81. The van der Waals surface area contributed by atoms with Crippen molar-refractivity contribution in [1.29, 1.82) is 0 Å². The normalized spacial score (nSPS) is 13.7. The number of thiophene rings is 2. The average Bonchev–Trinajstić information content (AvgIpc) is 3.99. The van der Waals surface area contributed by atoms with E-state index in [1.54, 1.807) is 0 Å². The molecule has 2 aliphatic rings. The minimum Gasteiger partial charge on any atom is -0.456 e. The zero-order chi connectivity index (χ0) is 39.1. The molecule has 0 unspecified atom stereocenters. The SMILES string of the molecule is Cc1cc2c3c4c1c1cc5oc6ccccc6c5cc1n4-c1cc4c(cc1B3N(c1ccc(C(C)(C)C)cc1)c1cc3c(cc1-2)sc1ccccc13)sc1ccccc14. The molecule has 2 aliphatic heterocycles. The number of anilines is 2. The molecule has 0 radical (unpaired) electrons. The molecule has 0 fully saturated rings. The van der Waals surface area contributed by atoms with E-state index in [9.17, 15) is 0 Å². The molecule has 6 heterocycles. The van der Waals surface area contributed by atoms with Crippen molar-refractivity contribution < 1.29 is 4.42 Å². The van der Waals surface area contributed by atoms with E-state index in [0.29, 0.717) is 0 Å². The number of benzene rings is 8. The van der Waals surface area contributed by atoms with Crippen LogP contribution in [0.4, 0.5) is 11.4 Å². The van der Waals surface area contributed by atoms with Crippen LogP contribution in [0.5, 0.6) is 0 Å². The fourth-order valence-electron chi connectivity index (χ4n) is 10.7. The summed E-state index contributed by atoms with van der Waals surface area (Å²) in [5.74, 6) is 0. The monoisotopic (exact) mass is 790 g/mol. The summed E-state index contributed by atoms with van der Waals surface area (Å²) in [6.45, 7) is 9.17. The molecule has 8 aromatic carbocycles. The van der Waals surface area contributed by atoms with Crippen molar-refractivity contribution in [2.75, 3.05) is 4.81 Å². The van der Waals surface area contributed by atoms with Crippen LogP contribution in [0.2, 0.25) is 0 Å². The minimum atomic E-state index is -0.0614. The van der Waals surface area contributed by atoms with Gasteiger partial charge in [-0.15, -0.1) is 22.7 Å². The van der Waals surface area contributed by atoms with Crippen molar-refractivity contribution in [3.63, 3.8) is 0 Å². The number of aromatic nitrogens is 1. The summed E-state index contributed by atoms with van der Waals surface area (Å²) in [5.41, 5.74) is 16.1. The van der Waals surface area contributed by atoms with Gasteiger partial charge in [0.25, 0.3) is 0 Å². The Morgan fingerprint density at radius 2 is 1.20 bits per heavy atom. The molecule has 278 valence electrons. The number of rotatable bonds is 1. The number of fused-ring (bicyclic) bond motifs is 17. The summed E-state index contributed by atoms with van der Waals surface area (Å²) in [7, 11) is 0. The predicted octanol–water partition coefficient (Wildman–Crippen LogP) is 14.3. The van der Waals surface area contributed by atoms with Crippen molar-refractivity contribution in [2.24, 2.45) is 0 Å². The van der Waals surface area contributed by atoms with Gasteiger partial charge < -0.3 is 13.8 Å². The second-order valence-corrected chi connectivity index (χ2v) is 19.9. The van der Waals surface area contributed by atoms with E-state index < -0.39 is 0 Å². The first-order valence-electron chi connectivity index (χ1n) is 20.5. The third-order valence-corrected chi connectivity index (χ3v) is 15.7. The molecule has 6 heteroatoms. The molecule has 0 bridgehead atoms. The van der Waals surface area contributed by atoms with E-state index >= 15 is 0 Å². The van der Waals surface area contributed by atoms with Crippen LogP contribution in [0.1, 0.15) is 31.9 Å². The maximum atomic E-state index is 6.59. The van der Waals surface area contributed by atoms with E-state index in [0.717, 1.165) is 21.9 Å². The van der Waals surface area contributed by atoms with Gasteiger partial charge in [-0.2, -0.15) is 0 Å². The lowest BCUT2D eigenvalue weighted by Gasteiger charge is -2.42. The van der Waals surface area contributed by atoms with Gasteiger partial charge in [0.05, 0.1) is 11.0 Å². The lowest BCUT2D eigenvalue weighted by Crippen LogP contribution is -2.60. The van der Waals surface area contributed by atoms with Crippen LogP contribution in [-0.4, -0.2) is 11.4 Å². The first-order chi connectivity index (χ1) is 28.8. The summed E-state index contributed by atoms with van der Waals surface area (Å²) in [6.07, 6.45) is 0. The van der Waals surface area contributed by atoms with Crippen molar-refractivity contribution in [2.45, 2.75) is 33.1 Å². The maximum Gasteiger partial charge on any atom is 0.333 e. The number of hydrogen-bond donors (Lipinski definition) is 0. The van der Waals surface area contributed by atoms with Gasteiger partial charge in [0.15, 0.2) is 0 Å². The third-order valence-electron chi connectivity index (χ3n) is 13.4. The molecule has 59 heavy (non-hydrogen) atoms. The topological polar surface area (TPSA) is 21.3 Å². The lowest BCUT2D eigenvalue weighted by molar-refractivity contribution is 0.590. The molecular formula is C53H35BN2OS2. The number of para-hydroxylation sites is 1.